The molecule has 6 heteroatoms. The van der Waals surface area contributed by atoms with Gasteiger partial charge in [-0.3, -0.25) is 14.3 Å². The molecule has 1 unspecified atom stereocenters. The van der Waals surface area contributed by atoms with Gasteiger partial charge in [0, 0.05) is 30.7 Å². The van der Waals surface area contributed by atoms with Crippen LogP contribution in [0.1, 0.15) is 34.9 Å². The summed E-state index contributed by atoms with van der Waals surface area (Å²) in [5.41, 5.74) is 1.15. The Morgan fingerprint density at radius 1 is 1.33 bits per heavy atom. The largest absolute Gasteiger partial charge is 0.330 e. The molecule has 1 fully saturated rings. The van der Waals surface area contributed by atoms with E-state index in [4.69, 9.17) is 0 Å². The van der Waals surface area contributed by atoms with Crippen LogP contribution in [-0.2, 0) is 7.05 Å². The molecule has 2 aromatic heterocycles. The van der Waals surface area contributed by atoms with E-state index in [1.807, 2.05) is 36.3 Å². The zero-order valence-electron chi connectivity index (χ0n) is 13.4. The normalized spacial score (nSPS) is 17.5. The Kier molecular flexibility index (Phi) is 3.45. The number of nitrogens with one attached hydrogen (secondary N) is 1. The van der Waals surface area contributed by atoms with Crippen LogP contribution in [-0.4, -0.2) is 32.1 Å². The molecule has 24 heavy (non-hydrogen) atoms. The van der Waals surface area contributed by atoms with Gasteiger partial charge in [0.1, 0.15) is 5.69 Å². The fourth-order valence-corrected chi connectivity index (χ4v) is 3.45. The molecular formula is C18H18N4O2. The van der Waals surface area contributed by atoms with Crippen molar-refractivity contribution in [3.63, 3.8) is 0 Å². The van der Waals surface area contributed by atoms with E-state index in [-0.39, 0.29) is 17.5 Å². The van der Waals surface area contributed by atoms with Crippen LogP contribution in [0.3, 0.4) is 0 Å². The third kappa shape index (κ3) is 2.40. The van der Waals surface area contributed by atoms with Crippen LogP contribution in [0.4, 0.5) is 0 Å². The van der Waals surface area contributed by atoms with Crippen LogP contribution in [0, 0.1) is 0 Å². The number of likely N-dealkylation sites (tertiary alicyclic amines) is 1. The van der Waals surface area contributed by atoms with E-state index < -0.39 is 0 Å². The molecule has 0 spiro atoms. The Hall–Kier alpha value is -2.89. The van der Waals surface area contributed by atoms with Crippen LogP contribution in [0.25, 0.3) is 10.8 Å². The van der Waals surface area contributed by atoms with Crippen molar-refractivity contribution in [2.45, 2.75) is 18.9 Å². The molecule has 1 atom stereocenters. The molecule has 0 aliphatic carbocycles. The zero-order chi connectivity index (χ0) is 16.7. The predicted octanol–water partition coefficient (Wildman–Crippen LogP) is 2.24. The van der Waals surface area contributed by atoms with Crippen molar-refractivity contribution < 1.29 is 4.79 Å². The lowest BCUT2D eigenvalue weighted by atomic mass is 10.1. The van der Waals surface area contributed by atoms with Gasteiger partial charge in [-0.15, -0.1) is 0 Å². The van der Waals surface area contributed by atoms with Gasteiger partial charge in [-0.1, -0.05) is 18.2 Å². The molecule has 1 N–H and O–H groups in total. The van der Waals surface area contributed by atoms with E-state index in [2.05, 4.69) is 10.1 Å². The third-order valence-electron chi connectivity index (χ3n) is 4.61. The Bertz CT molecular complexity index is 972. The summed E-state index contributed by atoms with van der Waals surface area (Å²) < 4.78 is 1.74. The fourth-order valence-electron chi connectivity index (χ4n) is 3.45. The summed E-state index contributed by atoms with van der Waals surface area (Å²) in [5, 5.41) is 5.58. The highest BCUT2D eigenvalue weighted by atomic mass is 16.2. The number of aromatic nitrogens is 3. The first kappa shape index (κ1) is 14.7. The lowest BCUT2D eigenvalue weighted by Crippen LogP contribution is -2.32. The number of benzene rings is 1. The summed E-state index contributed by atoms with van der Waals surface area (Å²) in [5.74, 6) is -0.135. The fraction of sp³-hybridized carbons (Fsp3) is 0.278. The molecule has 4 rings (SSSR count). The van der Waals surface area contributed by atoms with Gasteiger partial charge in [0.2, 0.25) is 0 Å². The molecule has 3 heterocycles. The molecule has 122 valence electrons. The van der Waals surface area contributed by atoms with Crippen molar-refractivity contribution in [1.82, 2.24) is 19.7 Å². The smallest absolute Gasteiger partial charge is 0.270 e. The molecule has 0 saturated carbocycles. The maximum absolute atomic E-state index is 13.0. The van der Waals surface area contributed by atoms with E-state index in [0.717, 1.165) is 23.8 Å². The SMILES string of the molecule is Cn1cc(C2CCCN2C(=O)c2cc3ccccc3c(=O)[nH]2)cn1. The van der Waals surface area contributed by atoms with E-state index >= 15 is 0 Å². The van der Waals surface area contributed by atoms with Crippen molar-refractivity contribution >= 4 is 16.7 Å². The minimum absolute atomic E-state index is 0.0150. The van der Waals surface area contributed by atoms with Gasteiger partial charge in [-0.25, -0.2) is 0 Å². The van der Waals surface area contributed by atoms with Gasteiger partial charge in [0.15, 0.2) is 0 Å². The number of nitrogens with zero attached hydrogens (tertiary/aromatic N) is 3. The van der Waals surface area contributed by atoms with Crippen LogP contribution in [0.15, 0.2) is 47.5 Å². The molecule has 1 aliphatic heterocycles. The second-order valence-electron chi connectivity index (χ2n) is 6.20. The highest BCUT2D eigenvalue weighted by Gasteiger charge is 2.31. The summed E-state index contributed by atoms with van der Waals surface area (Å²) in [4.78, 5) is 29.8. The van der Waals surface area contributed by atoms with Crippen LogP contribution in [0.2, 0.25) is 0 Å². The maximum atomic E-state index is 13.0. The van der Waals surface area contributed by atoms with Gasteiger partial charge in [-0.2, -0.15) is 5.10 Å². The number of hydrogen-bond acceptors (Lipinski definition) is 3. The highest BCUT2D eigenvalue weighted by Crippen LogP contribution is 2.32. The molecule has 6 nitrogen and oxygen atoms in total. The Labute approximate surface area is 138 Å². The van der Waals surface area contributed by atoms with Crippen LogP contribution < -0.4 is 5.56 Å². The van der Waals surface area contributed by atoms with E-state index in [1.165, 1.54) is 0 Å². The Morgan fingerprint density at radius 3 is 2.96 bits per heavy atom. The summed E-state index contributed by atoms with van der Waals surface area (Å²) in [6.45, 7) is 0.688. The first-order valence-electron chi connectivity index (χ1n) is 8.05. The molecule has 0 radical (unpaired) electrons. The number of rotatable bonds is 2. The molecule has 3 aromatic rings. The van der Waals surface area contributed by atoms with Crippen LogP contribution >= 0.6 is 0 Å². The second kappa shape index (κ2) is 5.63. The van der Waals surface area contributed by atoms with E-state index in [1.54, 1.807) is 23.0 Å². The Balaban J connectivity index is 1.71. The summed E-state index contributed by atoms with van der Waals surface area (Å²) >= 11 is 0. The molecule has 0 bridgehead atoms. The number of amides is 1. The quantitative estimate of drug-likeness (QED) is 0.786. The number of fused-ring (bicyclic) bond motifs is 1. The summed E-state index contributed by atoms with van der Waals surface area (Å²) in [7, 11) is 1.87. The van der Waals surface area contributed by atoms with Crippen molar-refractivity contribution in [2.75, 3.05) is 6.54 Å². The van der Waals surface area contributed by atoms with Crippen molar-refractivity contribution in [3.8, 4) is 0 Å². The number of carbonyl (C=O) groups is 1. The zero-order valence-corrected chi connectivity index (χ0v) is 13.4. The number of H-pyrrole nitrogens is 1. The van der Waals surface area contributed by atoms with Crippen LogP contribution in [0.5, 0.6) is 0 Å². The maximum Gasteiger partial charge on any atom is 0.270 e. The van der Waals surface area contributed by atoms with Gasteiger partial charge < -0.3 is 9.88 Å². The Morgan fingerprint density at radius 2 is 2.17 bits per heavy atom. The number of aromatic amines is 1. The second-order valence-corrected chi connectivity index (χ2v) is 6.20. The first-order chi connectivity index (χ1) is 11.6. The monoisotopic (exact) mass is 322 g/mol. The molecule has 1 amide bonds. The van der Waals surface area contributed by atoms with Gasteiger partial charge in [-0.05, 0) is 30.4 Å². The predicted molar refractivity (Wildman–Crippen MR) is 90.8 cm³/mol. The minimum atomic E-state index is -0.228. The topological polar surface area (TPSA) is 71.0 Å². The average Bonchev–Trinajstić information content (AvgIpc) is 3.22. The van der Waals surface area contributed by atoms with Gasteiger partial charge in [0.05, 0.1) is 12.2 Å². The summed E-state index contributed by atoms with van der Waals surface area (Å²) in [6.07, 6.45) is 5.61. The van der Waals surface area contributed by atoms with Crippen molar-refractivity contribution in [1.29, 1.82) is 0 Å². The van der Waals surface area contributed by atoms with Crippen molar-refractivity contribution in [3.05, 3.63) is 64.3 Å². The van der Waals surface area contributed by atoms with Gasteiger partial charge in [0.25, 0.3) is 11.5 Å². The lowest BCUT2D eigenvalue weighted by Gasteiger charge is -2.23. The third-order valence-corrected chi connectivity index (χ3v) is 4.61. The molecule has 1 saturated heterocycles. The lowest BCUT2D eigenvalue weighted by molar-refractivity contribution is 0.0729. The van der Waals surface area contributed by atoms with Crippen molar-refractivity contribution in [2.24, 2.45) is 7.05 Å². The van der Waals surface area contributed by atoms with E-state index in [0.29, 0.717) is 17.6 Å². The summed E-state index contributed by atoms with van der Waals surface area (Å²) in [6, 6.07) is 9.07. The first-order valence-corrected chi connectivity index (χ1v) is 8.05. The highest BCUT2D eigenvalue weighted by molar-refractivity contribution is 5.96. The molecule has 1 aromatic carbocycles. The average molecular weight is 322 g/mol. The number of aryl methyl sites for hydroxylation is 1. The number of carbonyl (C=O) groups excluding carboxylic acids is 1. The van der Waals surface area contributed by atoms with Gasteiger partial charge >= 0.3 is 0 Å². The molecular weight excluding hydrogens is 304 g/mol. The standard InChI is InChI=1S/C18H18N4O2/c1-21-11-13(10-19-21)16-7-4-8-22(16)18(24)15-9-12-5-2-3-6-14(12)17(23)20-15/h2-3,5-6,9-11,16H,4,7-8H2,1H3,(H,20,23). The molecule has 1 aliphatic rings. The minimum Gasteiger partial charge on any atom is -0.330 e. The number of hydrogen-bond donors (Lipinski definition) is 1. The van der Waals surface area contributed by atoms with E-state index in [9.17, 15) is 9.59 Å². The number of pyridine rings is 1.